The zero-order valence-electron chi connectivity index (χ0n) is 10.9. The van der Waals surface area contributed by atoms with Crippen LogP contribution in [0.4, 0.5) is 5.82 Å². The Balaban J connectivity index is 2.30. The highest BCUT2D eigenvalue weighted by atomic mass is 79.9. The lowest BCUT2D eigenvalue weighted by atomic mass is 10.4. The van der Waals surface area contributed by atoms with Crippen LogP contribution < -0.4 is 10.5 Å². The second-order valence-electron chi connectivity index (χ2n) is 4.12. The third-order valence-corrected chi connectivity index (χ3v) is 4.58. The number of hydrogen-bond donors (Lipinski definition) is 2. The second kappa shape index (κ2) is 5.94. The predicted octanol–water partition coefficient (Wildman–Crippen LogP) is 1.93. The van der Waals surface area contributed by atoms with Crippen LogP contribution in [-0.4, -0.2) is 18.0 Å². The zero-order valence-corrected chi connectivity index (χ0v) is 13.3. The Hall–Kier alpha value is -1.38. The number of sulfonamides is 1. The molecule has 0 aliphatic rings. The molecule has 0 unspecified atom stereocenters. The minimum Gasteiger partial charge on any atom is -0.349 e. The highest BCUT2D eigenvalue weighted by Crippen LogP contribution is 2.18. The molecule has 0 bridgehead atoms. The van der Waals surface area contributed by atoms with E-state index in [0.29, 0.717) is 13.1 Å². The van der Waals surface area contributed by atoms with Gasteiger partial charge in [-0.2, -0.15) is 0 Å². The molecule has 0 saturated heterocycles. The van der Waals surface area contributed by atoms with Crippen LogP contribution in [0, 0.1) is 0 Å². The third kappa shape index (κ3) is 3.20. The summed E-state index contributed by atoms with van der Waals surface area (Å²) in [4.78, 5) is 4.17. The molecule has 0 amide bonds. The van der Waals surface area contributed by atoms with E-state index in [1.165, 1.54) is 6.20 Å². The van der Waals surface area contributed by atoms with Gasteiger partial charge >= 0.3 is 0 Å². The monoisotopic (exact) mass is 358 g/mol. The summed E-state index contributed by atoms with van der Waals surface area (Å²) in [6.07, 6.45) is 3.10. The summed E-state index contributed by atoms with van der Waals surface area (Å²) in [6, 6.07) is 4.88. The summed E-state index contributed by atoms with van der Waals surface area (Å²) < 4.78 is 29.6. The van der Waals surface area contributed by atoms with Gasteiger partial charge in [-0.25, -0.2) is 13.4 Å². The normalized spacial score (nSPS) is 11.6. The van der Waals surface area contributed by atoms with Crippen LogP contribution in [0.3, 0.4) is 0 Å². The lowest BCUT2D eigenvalue weighted by Gasteiger charge is -2.05. The van der Waals surface area contributed by atoms with Gasteiger partial charge in [-0.15, -0.1) is 0 Å². The van der Waals surface area contributed by atoms with Crippen molar-refractivity contribution >= 4 is 31.8 Å². The Morgan fingerprint density at radius 1 is 1.45 bits per heavy atom. The van der Waals surface area contributed by atoms with Crippen LogP contribution in [0.5, 0.6) is 0 Å². The van der Waals surface area contributed by atoms with E-state index in [1.807, 2.05) is 11.5 Å². The number of nitrogens with one attached hydrogen (secondary N) is 1. The standard InChI is InChI=1S/C12H15BrN4O2S/c1-2-17-8-11(5-10(17)6-14)20(18,19)16-12-4-3-9(13)7-15-12/h3-5,7-8H,2,6,14H2,1H3,(H,15,16). The van der Waals surface area contributed by atoms with Crippen LogP contribution in [-0.2, 0) is 23.1 Å². The number of aryl methyl sites for hydroxylation is 1. The molecule has 2 aromatic heterocycles. The SMILES string of the molecule is CCn1cc(S(=O)(=O)Nc2ccc(Br)cn2)cc1CN. The van der Waals surface area contributed by atoms with E-state index in [2.05, 4.69) is 25.6 Å². The minimum absolute atomic E-state index is 0.185. The van der Waals surface area contributed by atoms with Crippen molar-refractivity contribution < 1.29 is 8.42 Å². The molecule has 0 atom stereocenters. The van der Waals surface area contributed by atoms with E-state index in [0.717, 1.165) is 10.2 Å². The Bertz CT molecular complexity index is 673. The molecular formula is C12H15BrN4O2S. The summed E-state index contributed by atoms with van der Waals surface area (Å²) in [7, 11) is -3.65. The maximum absolute atomic E-state index is 12.3. The van der Waals surface area contributed by atoms with Crippen molar-refractivity contribution in [1.29, 1.82) is 0 Å². The second-order valence-corrected chi connectivity index (χ2v) is 6.72. The number of anilines is 1. The van der Waals surface area contributed by atoms with Crippen LogP contribution in [0.25, 0.3) is 0 Å². The lowest BCUT2D eigenvalue weighted by molar-refractivity contribution is 0.600. The van der Waals surface area contributed by atoms with Gasteiger partial charge in [-0.1, -0.05) is 0 Å². The summed E-state index contributed by atoms with van der Waals surface area (Å²) in [5.41, 5.74) is 6.37. The molecule has 108 valence electrons. The topological polar surface area (TPSA) is 90.0 Å². The minimum atomic E-state index is -3.65. The molecule has 0 radical (unpaired) electrons. The average molecular weight is 359 g/mol. The molecule has 6 nitrogen and oxygen atoms in total. The van der Waals surface area contributed by atoms with Crippen molar-refractivity contribution in [2.75, 3.05) is 4.72 Å². The molecule has 3 N–H and O–H groups in total. The van der Waals surface area contributed by atoms with E-state index in [4.69, 9.17) is 5.73 Å². The maximum Gasteiger partial charge on any atom is 0.264 e. The first-order chi connectivity index (χ1) is 9.46. The molecule has 0 aromatic carbocycles. The molecular weight excluding hydrogens is 344 g/mol. The largest absolute Gasteiger partial charge is 0.349 e. The Morgan fingerprint density at radius 3 is 2.70 bits per heavy atom. The molecule has 2 aromatic rings. The number of halogens is 1. The first-order valence-electron chi connectivity index (χ1n) is 5.99. The van der Waals surface area contributed by atoms with Gasteiger partial charge in [0.2, 0.25) is 0 Å². The van der Waals surface area contributed by atoms with Crippen molar-refractivity contribution in [1.82, 2.24) is 9.55 Å². The number of nitrogens with zero attached hydrogens (tertiary/aromatic N) is 2. The summed E-state index contributed by atoms with van der Waals surface area (Å²) in [5.74, 6) is 0.270. The first kappa shape index (κ1) is 15.0. The highest BCUT2D eigenvalue weighted by Gasteiger charge is 2.18. The summed E-state index contributed by atoms with van der Waals surface area (Å²) in [5, 5.41) is 0. The van der Waals surface area contributed by atoms with Crippen molar-refractivity contribution in [3.63, 3.8) is 0 Å². The van der Waals surface area contributed by atoms with Gasteiger partial charge < -0.3 is 10.3 Å². The van der Waals surface area contributed by atoms with Gasteiger partial charge in [0.05, 0.1) is 0 Å². The Kier molecular flexibility index (Phi) is 4.46. The quantitative estimate of drug-likeness (QED) is 0.854. The van der Waals surface area contributed by atoms with Crippen molar-refractivity contribution in [2.45, 2.75) is 24.9 Å². The fraction of sp³-hybridized carbons (Fsp3) is 0.250. The number of aromatic nitrogens is 2. The van der Waals surface area contributed by atoms with Crippen molar-refractivity contribution in [3.8, 4) is 0 Å². The van der Waals surface area contributed by atoms with Crippen LogP contribution in [0.1, 0.15) is 12.6 Å². The molecule has 0 aliphatic carbocycles. The number of pyridine rings is 1. The maximum atomic E-state index is 12.3. The van der Waals surface area contributed by atoms with Crippen LogP contribution in [0.2, 0.25) is 0 Å². The predicted molar refractivity (Wildman–Crippen MR) is 80.7 cm³/mol. The number of rotatable bonds is 5. The molecule has 0 aliphatic heterocycles. The molecule has 0 saturated carbocycles. The smallest absolute Gasteiger partial charge is 0.264 e. The van der Waals surface area contributed by atoms with Gasteiger partial charge in [0.15, 0.2) is 0 Å². The molecule has 8 heteroatoms. The Labute approximate surface area is 126 Å². The van der Waals surface area contributed by atoms with E-state index in [-0.39, 0.29) is 10.7 Å². The van der Waals surface area contributed by atoms with Gasteiger partial charge in [0, 0.05) is 35.6 Å². The summed E-state index contributed by atoms with van der Waals surface area (Å²) >= 11 is 3.24. The number of nitrogens with two attached hydrogens (primary N) is 1. The Morgan fingerprint density at radius 2 is 2.20 bits per heavy atom. The van der Waals surface area contributed by atoms with E-state index >= 15 is 0 Å². The molecule has 0 spiro atoms. The molecule has 20 heavy (non-hydrogen) atoms. The third-order valence-electron chi connectivity index (χ3n) is 2.79. The van der Waals surface area contributed by atoms with E-state index < -0.39 is 10.0 Å². The fourth-order valence-electron chi connectivity index (χ4n) is 1.77. The zero-order chi connectivity index (χ0) is 14.8. The molecule has 0 fully saturated rings. The first-order valence-corrected chi connectivity index (χ1v) is 8.27. The highest BCUT2D eigenvalue weighted by molar-refractivity contribution is 9.10. The van der Waals surface area contributed by atoms with Gasteiger partial charge in [-0.3, -0.25) is 4.72 Å². The van der Waals surface area contributed by atoms with E-state index in [9.17, 15) is 8.42 Å². The van der Waals surface area contributed by atoms with Gasteiger partial charge in [0.25, 0.3) is 10.0 Å². The summed E-state index contributed by atoms with van der Waals surface area (Å²) in [6.45, 7) is 2.89. The number of hydrogen-bond acceptors (Lipinski definition) is 4. The average Bonchev–Trinajstić information content (AvgIpc) is 2.85. The fourth-order valence-corrected chi connectivity index (χ4v) is 3.08. The van der Waals surface area contributed by atoms with Crippen LogP contribution in [0.15, 0.2) is 40.0 Å². The molecule has 2 heterocycles. The van der Waals surface area contributed by atoms with Crippen molar-refractivity contribution in [3.05, 3.63) is 40.8 Å². The van der Waals surface area contributed by atoms with E-state index in [1.54, 1.807) is 24.4 Å². The van der Waals surface area contributed by atoms with Crippen LogP contribution >= 0.6 is 15.9 Å². The van der Waals surface area contributed by atoms with Gasteiger partial charge in [-0.05, 0) is 41.1 Å². The van der Waals surface area contributed by atoms with Crippen molar-refractivity contribution in [2.24, 2.45) is 5.73 Å². The molecule has 2 rings (SSSR count). The van der Waals surface area contributed by atoms with Gasteiger partial charge in [0.1, 0.15) is 10.7 Å². The lowest BCUT2D eigenvalue weighted by Crippen LogP contribution is -2.13.